The molecule has 144 valence electrons. The van der Waals surface area contributed by atoms with Crippen LogP contribution in [0.4, 0.5) is 0 Å². The molecule has 2 aromatic carbocycles. The first-order valence-electron chi connectivity index (χ1n) is 10.1. The number of carbonyl (C=O) groups excluding carboxylic acids is 1. The fourth-order valence-electron chi connectivity index (χ4n) is 4.81. The third-order valence-corrected chi connectivity index (χ3v) is 6.88. The number of carbonyl (C=O) groups is 1. The van der Waals surface area contributed by atoms with Crippen LogP contribution in [0.3, 0.4) is 0 Å². The molecule has 0 aliphatic heterocycles. The largest absolute Gasteiger partial charge is 0.417 e. The second-order valence-electron chi connectivity index (χ2n) is 9.64. The van der Waals surface area contributed by atoms with Crippen molar-refractivity contribution in [1.82, 2.24) is 0 Å². The molecule has 2 aliphatic carbocycles. The Morgan fingerprint density at radius 1 is 0.893 bits per heavy atom. The minimum absolute atomic E-state index is 0.0851. The Bertz CT molecular complexity index is 984. The Balaban J connectivity index is 1.81. The third-order valence-electron chi connectivity index (χ3n) is 6.88. The number of hydrogen-bond donors (Lipinski definition) is 0. The maximum atomic E-state index is 11.7. The summed E-state index contributed by atoms with van der Waals surface area (Å²) in [6.45, 7) is 9.41. The van der Waals surface area contributed by atoms with E-state index in [1.54, 1.807) is 0 Å². The van der Waals surface area contributed by atoms with Gasteiger partial charge in [0.05, 0.1) is 0 Å². The molecule has 2 nitrogen and oxygen atoms in total. The minimum atomic E-state index is -0.642. The van der Waals surface area contributed by atoms with E-state index in [2.05, 4.69) is 57.9 Å². The molecule has 1 fully saturated rings. The molecule has 4 rings (SSSR count). The molecule has 0 radical (unpaired) electrons. The second kappa shape index (κ2) is 6.24. The van der Waals surface area contributed by atoms with Crippen molar-refractivity contribution < 1.29 is 9.53 Å². The van der Waals surface area contributed by atoms with Gasteiger partial charge in [-0.2, -0.15) is 0 Å². The van der Waals surface area contributed by atoms with Gasteiger partial charge < -0.3 is 4.74 Å². The van der Waals surface area contributed by atoms with Gasteiger partial charge in [0, 0.05) is 16.9 Å². The van der Waals surface area contributed by atoms with E-state index in [9.17, 15) is 4.79 Å². The van der Waals surface area contributed by atoms with Crippen LogP contribution in [0.5, 0.6) is 5.75 Å². The maximum absolute atomic E-state index is 11.7. The van der Waals surface area contributed by atoms with Gasteiger partial charge in [-0.05, 0) is 59.3 Å². The molecule has 0 amide bonds. The summed E-state index contributed by atoms with van der Waals surface area (Å²) in [5.74, 6) is 1.99. The van der Waals surface area contributed by atoms with E-state index in [0.717, 1.165) is 18.4 Å². The van der Waals surface area contributed by atoms with Crippen LogP contribution in [0.2, 0.25) is 0 Å². The molecule has 0 spiro atoms. The summed E-state index contributed by atoms with van der Waals surface area (Å²) in [6.07, 6.45) is 9.73. The zero-order valence-electron chi connectivity index (χ0n) is 17.3. The van der Waals surface area contributed by atoms with Gasteiger partial charge in [0.2, 0.25) is 0 Å². The van der Waals surface area contributed by atoms with Crippen LogP contribution < -0.4 is 4.74 Å². The highest BCUT2D eigenvalue weighted by molar-refractivity contribution is 5.89. The van der Waals surface area contributed by atoms with E-state index in [0.29, 0.717) is 5.75 Å². The topological polar surface area (TPSA) is 26.3 Å². The van der Waals surface area contributed by atoms with Crippen LogP contribution in [0.1, 0.15) is 75.6 Å². The van der Waals surface area contributed by atoms with Crippen LogP contribution in [-0.4, -0.2) is 5.97 Å². The summed E-state index contributed by atoms with van der Waals surface area (Å²) >= 11 is 0. The predicted molar refractivity (Wildman–Crippen MR) is 113 cm³/mol. The quantitative estimate of drug-likeness (QED) is 0.301. The number of ether oxygens (including phenoxy) is 1. The first-order valence-corrected chi connectivity index (χ1v) is 10.1. The van der Waals surface area contributed by atoms with Crippen molar-refractivity contribution in [3.8, 4) is 18.1 Å². The van der Waals surface area contributed by atoms with Crippen molar-refractivity contribution in [1.29, 1.82) is 0 Å². The number of para-hydroxylation sites is 1. The molecule has 0 unspecified atom stereocenters. The highest BCUT2D eigenvalue weighted by atomic mass is 16.5. The fourth-order valence-corrected chi connectivity index (χ4v) is 4.81. The summed E-state index contributed by atoms with van der Waals surface area (Å²) in [5.41, 5.74) is 5.61. The Kier molecular flexibility index (Phi) is 4.19. The normalized spacial score (nSPS) is 20.5. The Hall–Kier alpha value is -2.53. The standard InChI is InChI=1S/C26H28O2/c1-6-23(27)28-22-10-8-7-9-20(22)26(15-16-26)18-11-12-19-21(17-18)25(4,5)14-13-24(19,2)3/h1,7-12,17H,13-16H2,2-5H3. The van der Waals surface area contributed by atoms with Crippen molar-refractivity contribution in [3.63, 3.8) is 0 Å². The predicted octanol–water partition coefficient (Wildman–Crippen LogP) is 5.65. The Labute approximate surface area is 168 Å². The summed E-state index contributed by atoms with van der Waals surface area (Å²) in [5, 5.41) is 0. The van der Waals surface area contributed by atoms with E-state index >= 15 is 0 Å². The van der Waals surface area contributed by atoms with Gasteiger partial charge in [-0.1, -0.05) is 64.1 Å². The van der Waals surface area contributed by atoms with E-state index in [1.165, 1.54) is 29.5 Å². The van der Waals surface area contributed by atoms with Crippen molar-refractivity contribution >= 4 is 5.97 Å². The molecule has 0 N–H and O–H groups in total. The van der Waals surface area contributed by atoms with E-state index < -0.39 is 5.97 Å². The summed E-state index contributed by atoms with van der Waals surface area (Å²) in [7, 11) is 0. The number of rotatable bonds is 3. The van der Waals surface area contributed by atoms with Gasteiger partial charge in [0.15, 0.2) is 0 Å². The maximum Gasteiger partial charge on any atom is 0.389 e. The van der Waals surface area contributed by atoms with Gasteiger partial charge in [-0.15, -0.1) is 6.42 Å². The van der Waals surface area contributed by atoms with E-state index in [4.69, 9.17) is 11.2 Å². The molecule has 0 bridgehead atoms. The first-order chi connectivity index (χ1) is 13.2. The lowest BCUT2D eigenvalue weighted by Crippen LogP contribution is -2.34. The van der Waals surface area contributed by atoms with Crippen molar-refractivity contribution in [2.45, 2.75) is 69.6 Å². The fraction of sp³-hybridized carbons (Fsp3) is 0.423. The second-order valence-corrected chi connectivity index (χ2v) is 9.64. The molecule has 28 heavy (non-hydrogen) atoms. The molecule has 0 aromatic heterocycles. The Morgan fingerprint density at radius 3 is 2.18 bits per heavy atom. The number of terminal acetylenes is 1. The summed E-state index contributed by atoms with van der Waals surface area (Å²) in [4.78, 5) is 11.7. The first kappa shape index (κ1) is 18.8. The zero-order valence-corrected chi connectivity index (χ0v) is 17.3. The van der Waals surface area contributed by atoms with Gasteiger partial charge in [-0.25, -0.2) is 4.79 Å². The van der Waals surface area contributed by atoms with Gasteiger partial charge in [0.1, 0.15) is 5.75 Å². The number of hydrogen-bond acceptors (Lipinski definition) is 2. The molecule has 2 aliphatic rings. The zero-order chi connectivity index (χ0) is 20.2. The van der Waals surface area contributed by atoms with Crippen LogP contribution in [0.25, 0.3) is 0 Å². The molecule has 2 heteroatoms. The van der Waals surface area contributed by atoms with E-state index in [1.807, 2.05) is 18.2 Å². The SMILES string of the molecule is C#CC(=O)Oc1ccccc1C1(c2ccc3c(c2)C(C)(C)CCC3(C)C)CC1. The average Bonchev–Trinajstić information content (AvgIpc) is 3.47. The summed E-state index contributed by atoms with van der Waals surface area (Å²) in [6, 6.07) is 14.8. The third kappa shape index (κ3) is 2.94. The molecule has 2 aromatic rings. The minimum Gasteiger partial charge on any atom is -0.417 e. The molecule has 0 heterocycles. The highest BCUT2D eigenvalue weighted by Gasteiger charge is 2.49. The lowest BCUT2D eigenvalue weighted by molar-refractivity contribution is -0.128. The van der Waals surface area contributed by atoms with Gasteiger partial charge >= 0.3 is 5.97 Å². The average molecular weight is 373 g/mol. The molecule has 0 atom stereocenters. The number of fused-ring (bicyclic) bond motifs is 1. The Morgan fingerprint density at radius 2 is 1.54 bits per heavy atom. The number of benzene rings is 2. The molecular formula is C26H28O2. The van der Waals surface area contributed by atoms with Crippen molar-refractivity contribution in [2.75, 3.05) is 0 Å². The van der Waals surface area contributed by atoms with Gasteiger partial charge in [-0.3, -0.25) is 0 Å². The molecular weight excluding hydrogens is 344 g/mol. The van der Waals surface area contributed by atoms with Crippen molar-refractivity contribution in [3.05, 3.63) is 64.7 Å². The highest BCUT2D eigenvalue weighted by Crippen LogP contribution is 2.57. The van der Waals surface area contributed by atoms with Crippen LogP contribution in [0.15, 0.2) is 42.5 Å². The number of esters is 1. The molecule has 0 saturated heterocycles. The van der Waals surface area contributed by atoms with Crippen LogP contribution in [-0.2, 0) is 21.0 Å². The smallest absolute Gasteiger partial charge is 0.389 e. The summed E-state index contributed by atoms with van der Waals surface area (Å²) < 4.78 is 5.45. The van der Waals surface area contributed by atoms with Gasteiger partial charge in [0.25, 0.3) is 0 Å². The van der Waals surface area contributed by atoms with E-state index in [-0.39, 0.29) is 16.2 Å². The van der Waals surface area contributed by atoms with Crippen LogP contribution in [0, 0.1) is 12.3 Å². The van der Waals surface area contributed by atoms with Crippen LogP contribution >= 0.6 is 0 Å². The monoisotopic (exact) mass is 372 g/mol. The lowest BCUT2D eigenvalue weighted by atomic mass is 9.62. The molecule has 1 saturated carbocycles. The van der Waals surface area contributed by atoms with Crippen molar-refractivity contribution in [2.24, 2.45) is 0 Å². The lowest BCUT2D eigenvalue weighted by Gasteiger charge is -2.42.